The summed E-state index contributed by atoms with van der Waals surface area (Å²) in [7, 11) is 1.22. The van der Waals surface area contributed by atoms with Gasteiger partial charge in [-0.3, -0.25) is 14.9 Å². The molecular formula is C12H14ClNO4. The quantitative estimate of drug-likeness (QED) is 0.766. The second-order valence-corrected chi connectivity index (χ2v) is 4.12. The highest BCUT2D eigenvalue weighted by Crippen LogP contribution is 2.10. The summed E-state index contributed by atoms with van der Waals surface area (Å²) >= 11 is 5.81. The van der Waals surface area contributed by atoms with E-state index in [9.17, 15) is 9.59 Å². The molecule has 0 heterocycles. The van der Waals surface area contributed by atoms with Crippen LogP contribution in [0.25, 0.3) is 0 Å². The van der Waals surface area contributed by atoms with E-state index in [2.05, 4.69) is 10.1 Å². The van der Waals surface area contributed by atoms with Gasteiger partial charge in [0, 0.05) is 11.6 Å². The van der Waals surface area contributed by atoms with Crippen molar-refractivity contribution in [2.24, 2.45) is 0 Å². The van der Waals surface area contributed by atoms with E-state index >= 15 is 0 Å². The summed E-state index contributed by atoms with van der Waals surface area (Å²) < 4.78 is 4.44. The lowest BCUT2D eigenvalue weighted by Crippen LogP contribution is -2.38. The minimum absolute atomic E-state index is 0.216. The molecule has 0 amide bonds. The number of carbonyl (C=O) groups is 2. The third-order valence-corrected chi connectivity index (χ3v) is 2.57. The molecule has 0 aliphatic carbocycles. The van der Waals surface area contributed by atoms with Crippen molar-refractivity contribution in [3.05, 3.63) is 34.9 Å². The SMILES string of the molecule is COC(=O)CC(NCc1cccc(Cl)c1)C(=O)O. The van der Waals surface area contributed by atoms with Crippen molar-refractivity contribution in [2.75, 3.05) is 7.11 Å². The summed E-state index contributed by atoms with van der Waals surface area (Å²) in [6.07, 6.45) is -0.216. The molecule has 1 rings (SSSR count). The normalized spacial score (nSPS) is 11.9. The zero-order valence-corrected chi connectivity index (χ0v) is 10.6. The molecule has 18 heavy (non-hydrogen) atoms. The lowest BCUT2D eigenvalue weighted by Gasteiger charge is -2.13. The molecule has 0 saturated carbocycles. The van der Waals surface area contributed by atoms with E-state index < -0.39 is 18.0 Å². The van der Waals surface area contributed by atoms with Crippen LogP contribution in [-0.4, -0.2) is 30.2 Å². The van der Waals surface area contributed by atoms with Crippen LogP contribution in [-0.2, 0) is 20.9 Å². The van der Waals surface area contributed by atoms with Gasteiger partial charge in [-0.15, -0.1) is 0 Å². The van der Waals surface area contributed by atoms with E-state index in [1.54, 1.807) is 18.2 Å². The van der Waals surface area contributed by atoms with Gasteiger partial charge in [0.1, 0.15) is 6.04 Å². The predicted molar refractivity (Wildman–Crippen MR) is 66.3 cm³/mol. The zero-order valence-electron chi connectivity index (χ0n) is 9.85. The summed E-state index contributed by atoms with van der Waals surface area (Å²) in [5.74, 6) is -1.66. The van der Waals surface area contributed by atoms with Gasteiger partial charge in [0.15, 0.2) is 0 Å². The van der Waals surface area contributed by atoms with Crippen molar-refractivity contribution < 1.29 is 19.4 Å². The van der Waals surface area contributed by atoms with Gasteiger partial charge < -0.3 is 9.84 Å². The van der Waals surface area contributed by atoms with Gasteiger partial charge in [-0.05, 0) is 17.7 Å². The number of carboxylic acids is 1. The molecule has 0 bridgehead atoms. The average Bonchev–Trinajstić information content (AvgIpc) is 2.33. The first-order valence-corrected chi connectivity index (χ1v) is 5.68. The Hall–Kier alpha value is -1.59. The van der Waals surface area contributed by atoms with Crippen molar-refractivity contribution in [2.45, 2.75) is 19.0 Å². The monoisotopic (exact) mass is 271 g/mol. The van der Waals surface area contributed by atoms with Gasteiger partial charge in [0.05, 0.1) is 13.5 Å². The van der Waals surface area contributed by atoms with Crippen LogP contribution >= 0.6 is 11.6 Å². The number of hydrogen-bond acceptors (Lipinski definition) is 4. The van der Waals surface area contributed by atoms with Gasteiger partial charge in [0.25, 0.3) is 0 Å². The van der Waals surface area contributed by atoms with Crippen LogP contribution in [0.4, 0.5) is 0 Å². The van der Waals surface area contributed by atoms with E-state index in [-0.39, 0.29) is 6.42 Å². The molecule has 0 spiro atoms. The zero-order chi connectivity index (χ0) is 13.5. The van der Waals surface area contributed by atoms with Crippen molar-refractivity contribution in [3.63, 3.8) is 0 Å². The molecule has 1 aromatic rings. The van der Waals surface area contributed by atoms with E-state index in [1.165, 1.54) is 7.11 Å². The predicted octanol–water partition coefficient (Wildman–Crippen LogP) is 1.45. The molecule has 0 radical (unpaired) electrons. The van der Waals surface area contributed by atoms with Gasteiger partial charge in [-0.1, -0.05) is 23.7 Å². The van der Waals surface area contributed by atoms with Crippen LogP contribution in [0.1, 0.15) is 12.0 Å². The Labute approximate surface area is 110 Å². The molecule has 1 aromatic carbocycles. The number of carboxylic acid groups (broad SMARTS) is 1. The van der Waals surface area contributed by atoms with Gasteiger partial charge >= 0.3 is 11.9 Å². The molecule has 6 heteroatoms. The highest BCUT2D eigenvalue weighted by Gasteiger charge is 2.20. The number of halogens is 1. The largest absolute Gasteiger partial charge is 0.480 e. The first-order chi connectivity index (χ1) is 8.52. The topological polar surface area (TPSA) is 75.6 Å². The van der Waals surface area contributed by atoms with Gasteiger partial charge in [0.2, 0.25) is 0 Å². The Balaban J connectivity index is 2.57. The minimum Gasteiger partial charge on any atom is -0.480 e. The maximum Gasteiger partial charge on any atom is 0.321 e. The van der Waals surface area contributed by atoms with E-state index in [0.29, 0.717) is 11.6 Å². The number of nitrogens with one attached hydrogen (secondary N) is 1. The average molecular weight is 272 g/mol. The Morgan fingerprint density at radius 1 is 1.50 bits per heavy atom. The summed E-state index contributed by atoms with van der Waals surface area (Å²) in [5.41, 5.74) is 0.846. The first kappa shape index (κ1) is 14.5. The van der Waals surface area contributed by atoms with Gasteiger partial charge in [-0.2, -0.15) is 0 Å². The van der Waals surface area contributed by atoms with E-state index in [0.717, 1.165) is 5.56 Å². The van der Waals surface area contributed by atoms with Crippen LogP contribution in [0.15, 0.2) is 24.3 Å². The molecule has 2 N–H and O–H groups in total. The molecule has 1 unspecified atom stereocenters. The van der Waals surface area contributed by atoms with Gasteiger partial charge in [-0.25, -0.2) is 0 Å². The Morgan fingerprint density at radius 3 is 2.78 bits per heavy atom. The number of benzene rings is 1. The Bertz CT molecular complexity index is 436. The third-order valence-electron chi connectivity index (χ3n) is 2.34. The fourth-order valence-corrected chi connectivity index (χ4v) is 1.60. The summed E-state index contributed by atoms with van der Waals surface area (Å²) in [5, 5.41) is 12.3. The Kier molecular flexibility index (Phi) is 5.61. The molecule has 98 valence electrons. The lowest BCUT2D eigenvalue weighted by atomic mass is 10.1. The summed E-state index contributed by atoms with van der Waals surface area (Å²) in [4.78, 5) is 22.0. The van der Waals surface area contributed by atoms with Crippen LogP contribution in [0.2, 0.25) is 5.02 Å². The highest BCUT2D eigenvalue weighted by molar-refractivity contribution is 6.30. The lowest BCUT2D eigenvalue weighted by molar-refractivity contribution is -0.147. The molecule has 0 saturated heterocycles. The number of methoxy groups -OCH3 is 1. The molecular weight excluding hydrogens is 258 g/mol. The second kappa shape index (κ2) is 6.98. The van der Waals surface area contributed by atoms with Crippen LogP contribution in [0, 0.1) is 0 Å². The van der Waals surface area contributed by atoms with E-state index in [1.807, 2.05) is 6.07 Å². The molecule has 0 aromatic heterocycles. The van der Waals surface area contributed by atoms with Crippen molar-refractivity contribution in [1.29, 1.82) is 0 Å². The summed E-state index contributed by atoms with van der Waals surface area (Å²) in [6.45, 7) is 0.314. The van der Waals surface area contributed by atoms with Crippen LogP contribution in [0.3, 0.4) is 0 Å². The maximum atomic E-state index is 11.0. The van der Waals surface area contributed by atoms with Crippen LogP contribution < -0.4 is 5.32 Å². The molecule has 0 aliphatic rings. The fraction of sp³-hybridized carbons (Fsp3) is 0.333. The standard InChI is InChI=1S/C12H14ClNO4/c1-18-11(15)6-10(12(16)17)14-7-8-3-2-4-9(13)5-8/h2-5,10,14H,6-7H2,1H3,(H,16,17). The van der Waals surface area contributed by atoms with Crippen molar-refractivity contribution >= 4 is 23.5 Å². The minimum atomic E-state index is -1.09. The number of hydrogen-bond donors (Lipinski definition) is 2. The van der Waals surface area contributed by atoms with Crippen LogP contribution in [0.5, 0.6) is 0 Å². The smallest absolute Gasteiger partial charge is 0.321 e. The van der Waals surface area contributed by atoms with E-state index in [4.69, 9.17) is 16.7 Å². The number of aliphatic carboxylic acids is 1. The third kappa shape index (κ3) is 4.73. The fourth-order valence-electron chi connectivity index (χ4n) is 1.38. The second-order valence-electron chi connectivity index (χ2n) is 3.68. The highest BCUT2D eigenvalue weighted by atomic mass is 35.5. The Morgan fingerprint density at radius 2 is 2.22 bits per heavy atom. The first-order valence-electron chi connectivity index (χ1n) is 5.30. The number of esters is 1. The van der Waals surface area contributed by atoms with Crippen molar-refractivity contribution in [3.8, 4) is 0 Å². The molecule has 5 nitrogen and oxygen atoms in total. The molecule has 1 atom stereocenters. The number of carbonyl (C=O) groups excluding carboxylic acids is 1. The molecule has 0 aliphatic heterocycles. The maximum absolute atomic E-state index is 11.0. The summed E-state index contributed by atoms with van der Waals surface area (Å²) in [6, 6.07) is 6.07. The van der Waals surface area contributed by atoms with Crippen molar-refractivity contribution in [1.82, 2.24) is 5.32 Å². The molecule has 0 fully saturated rings. The number of ether oxygens (including phenoxy) is 1. The number of rotatable bonds is 6.